The van der Waals surface area contributed by atoms with Crippen molar-refractivity contribution >= 4 is 12.2 Å². The zero-order chi connectivity index (χ0) is 19.1. The van der Waals surface area contributed by atoms with E-state index < -0.39 is 0 Å². The largest absolute Gasteiger partial charge is 0.421 e. The van der Waals surface area contributed by atoms with Gasteiger partial charge in [0.15, 0.2) is 0 Å². The monoisotopic (exact) mass is 352 g/mol. The maximum absolute atomic E-state index is 13.1. The van der Waals surface area contributed by atoms with Crippen molar-refractivity contribution in [1.82, 2.24) is 10.2 Å². The highest BCUT2D eigenvalue weighted by Gasteiger charge is 2.08. The van der Waals surface area contributed by atoms with E-state index in [0.29, 0.717) is 18.2 Å². The minimum atomic E-state index is -0.238. The van der Waals surface area contributed by atoms with Crippen LogP contribution in [0.5, 0.6) is 0 Å². The lowest BCUT2D eigenvalue weighted by atomic mass is 10.0. The number of nitrogens with zero attached hydrogens (tertiary/aromatic N) is 2. The van der Waals surface area contributed by atoms with Crippen LogP contribution in [-0.2, 0) is 6.42 Å². The van der Waals surface area contributed by atoms with E-state index >= 15 is 0 Å². The van der Waals surface area contributed by atoms with E-state index in [-0.39, 0.29) is 5.82 Å². The third kappa shape index (κ3) is 4.88. The molecule has 3 aromatic rings. The van der Waals surface area contributed by atoms with Gasteiger partial charge in [-0.1, -0.05) is 38.1 Å². The normalized spacial score (nSPS) is 10.7. The molecule has 136 valence electrons. The topological polar surface area (TPSA) is 38.9 Å². The summed E-state index contributed by atoms with van der Waals surface area (Å²) < 4.78 is 18.8. The fourth-order valence-corrected chi connectivity index (χ4v) is 2.56. The van der Waals surface area contributed by atoms with Crippen molar-refractivity contribution in [1.29, 1.82) is 0 Å². The molecule has 3 nitrogen and oxygen atoms in total. The van der Waals surface area contributed by atoms with Gasteiger partial charge >= 0.3 is 0 Å². The molecule has 1 aromatic heterocycles. The first-order valence-corrected chi connectivity index (χ1v) is 8.84. The number of aryl methyl sites for hydroxylation is 2. The number of aromatic nitrogens is 2. The summed E-state index contributed by atoms with van der Waals surface area (Å²) in [7, 11) is 0. The maximum atomic E-state index is 13.1. The van der Waals surface area contributed by atoms with Crippen molar-refractivity contribution in [3.8, 4) is 0 Å². The summed E-state index contributed by atoms with van der Waals surface area (Å²) in [6.45, 7) is 10.0. The molecule has 0 bridgehead atoms. The third-order valence-electron chi connectivity index (χ3n) is 4.18. The van der Waals surface area contributed by atoms with Crippen LogP contribution in [-0.4, -0.2) is 10.2 Å². The van der Waals surface area contributed by atoms with Crippen LogP contribution in [0.25, 0.3) is 12.2 Å². The Labute approximate surface area is 154 Å². The molecule has 0 aliphatic carbocycles. The molecule has 0 saturated carbocycles. The Morgan fingerprint density at radius 3 is 2.46 bits per heavy atom. The molecule has 0 aliphatic heterocycles. The van der Waals surface area contributed by atoms with Gasteiger partial charge in [-0.25, -0.2) is 4.39 Å². The maximum Gasteiger partial charge on any atom is 0.240 e. The van der Waals surface area contributed by atoms with Crippen LogP contribution >= 0.6 is 0 Å². The van der Waals surface area contributed by atoms with Gasteiger partial charge in [0.2, 0.25) is 11.8 Å². The van der Waals surface area contributed by atoms with E-state index in [1.54, 1.807) is 12.1 Å². The van der Waals surface area contributed by atoms with Gasteiger partial charge in [-0.15, -0.1) is 10.2 Å². The predicted molar refractivity (Wildman–Crippen MR) is 104 cm³/mol. The van der Waals surface area contributed by atoms with Crippen molar-refractivity contribution < 1.29 is 8.81 Å². The van der Waals surface area contributed by atoms with Gasteiger partial charge in [0.05, 0.1) is 6.42 Å². The van der Waals surface area contributed by atoms with Crippen molar-refractivity contribution in [2.24, 2.45) is 0 Å². The first kappa shape index (κ1) is 19.6. The minimum absolute atomic E-state index is 0.238. The second-order valence-electron chi connectivity index (χ2n) is 5.90. The van der Waals surface area contributed by atoms with Crippen LogP contribution < -0.4 is 0 Å². The van der Waals surface area contributed by atoms with E-state index in [1.807, 2.05) is 32.9 Å². The Kier molecular flexibility index (Phi) is 6.84. The lowest BCUT2D eigenvalue weighted by Crippen LogP contribution is -1.94. The molecule has 3 rings (SSSR count). The molecule has 0 atom stereocenters. The Hall–Kier alpha value is -2.75. The van der Waals surface area contributed by atoms with Gasteiger partial charge < -0.3 is 4.42 Å². The molecule has 0 N–H and O–H groups in total. The molecular weight excluding hydrogens is 327 g/mol. The Morgan fingerprint density at radius 1 is 0.962 bits per heavy atom. The summed E-state index contributed by atoms with van der Waals surface area (Å²) in [4.78, 5) is 0. The summed E-state index contributed by atoms with van der Waals surface area (Å²) in [5.74, 6) is 0.788. The first-order chi connectivity index (χ1) is 12.5. The quantitative estimate of drug-likeness (QED) is 0.585. The molecule has 0 unspecified atom stereocenters. The molecular formula is C22H25FN2O. The van der Waals surface area contributed by atoms with Crippen LogP contribution in [0.3, 0.4) is 0 Å². The molecule has 0 spiro atoms. The van der Waals surface area contributed by atoms with Crippen LogP contribution in [0.15, 0.2) is 40.8 Å². The van der Waals surface area contributed by atoms with E-state index in [9.17, 15) is 4.39 Å². The fourth-order valence-electron chi connectivity index (χ4n) is 2.56. The molecule has 0 radical (unpaired) electrons. The predicted octanol–water partition coefficient (Wildman–Crippen LogP) is 5.92. The van der Waals surface area contributed by atoms with Crippen molar-refractivity contribution in [2.45, 2.75) is 41.0 Å². The van der Waals surface area contributed by atoms with E-state index in [2.05, 4.69) is 36.2 Å². The molecule has 0 aliphatic rings. The molecule has 2 aromatic carbocycles. The van der Waals surface area contributed by atoms with Crippen LogP contribution in [0.2, 0.25) is 0 Å². The number of benzene rings is 2. The summed E-state index contributed by atoms with van der Waals surface area (Å²) in [5, 5.41) is 8.15. The Balaban J connectivity index is 0.00000117. The molecule has 26 heavy (non-hydrogen) atoms. The third-order valence-corrected chi connectivity index (χ3v) is 4.18. The highest BCUT2D eigenvalue weighted by Crippen LogP contribution is 2.18. The standard InChI is InChI=1S/C20H19FN2O.C2H6/c1-13-5-4-6-17(15(13)3)12-20-23-22-19(24-20)10-8-16-7-9-18(21)11-14(16)2;1-2/h4-11H,12H2,1-3H3;1-2H3/b10-8+;. The summed E-state index contributed by atoms with van der Waals surface area (Å²) in [5.41, 5.74) is 5.46. The molecule has 0 saturated heterocycles. The van der Waals surface area contributed by atoms with Gasteiger partial charge in [0.25, 0.3) is 0 Å². The van der Waals surface area contributed by atoms with E-state index in [1.165, 1.54) is 28.8 Å². The smallest absolute Gasteiger partial charge is 0.240 e. The zero-order valence-electron chi connectivity index (χ0n) is 16.0. The van der Waals surface area contributed by atoms with Gasteiger partial charge in [-0.3, -0.25) is 0 Å². The van der Waals surface area contributed by atoms with Gasteiger partial charge in [0, 0.05) is 6.08 Å². The van der Waals surface area contributed by atoms with Crippen molar-refractivity contribution in [3.05, 3.63) is 81.8 Å². The van der Waals surface area contributed by atoms with Crippen LogP contribution in [0.4, 0.5) is 4.39 Å². The lowest BCUT2D eigenvalue weighted by molar-refractivity contribution is 0.496. The van der Waals surface area contributed by atoms with E-state index in [4.69, 9.17) is 4.42 Å². The lowest BCUT2D eigenvalue weighted by Gasteiger charge is -2.05. The summed E-state index contributed by atoms with van der Waals surface area (Å²) in [6, 6.07) is 10.9. The average Bonchev–Trinajstić information content (AvgIpc) is 3.07. The second kappa shape index (κ2) is 9.09. The average molecular weight is 352 g/mol. The first-order valence-electron chi connectivity index (χ1n) is 8.84. The zero-order valence-corrected chi connectivity index (χ0v) is 16.0. The summed E-state index contributed by atoms with van der Waals surface area (Å²) in [6.07, 6.45) is 4.22. The van der Waals surface area contributed by atoms with Crippen molar-refractivity contribution in [2.75, 3.05) is 0 Å². The van der Waals surface area contributed by atoms with Crippen LogP contribution in [0.1, 0.15) is 53.4 Å². The number of hydrogen-bond acceptors (Lipinski definition) is 3. The SMILES string of the molecule is CC.Cc1cc(F)ccc1/C=C/c1nnc(Cc2cccc(C)c2C)o1. The molecule has 4 heteroatoms. The van der Waals surface area contributed by atoms with Gasteiger partial charge in [-0.2, -0.15) is 0 Å². The second-order valence-corrected chi connectivity index (χ2v) is 5.90. The highest BCUT2D eigenvalue weighted by molar-refractivity contribution is 5.67. The molecule has 0 fully saturated rings. The summed E-state index contributed by atoms with van der Waals surface area (Å²) >= 11 is 0. The minimum Gasteiger partial charge on any atom is -0.421 e. The Morgan fingerprint density at radius 2 is 1.73 bits per heavy atom. The Bertz CT molecular complexity index is 897. The van der Waals surface area contributed by atoms with Gasteiger partial charge in [-0.05, 0) is 66.8 Å². The highest BCUT2D eigenvalue weighted by atomic mass is 19.1. The molecule has 0 amide bonds. The number of rotatable bonds is 4. The number of hydrogen-bond donors (Lipinski definition) is 0. The van der Waals surface area contributed by atoms with E-state index in [0.717, 1.165) is 11.1 Å². The van der Waals surface area contributed by atoms with Crippen molar-refractivity contribution in [3.63, 3.8) is 0 Å². The number of halogens is 1. The fraction of sp³-hybridized carbons (Fsp3) is 0.273. The van der Waals surface area contributed by atoms with Crippen LogP contribution in [0, 0.1) is 26.6 Å². The van der Waals surface area contributed by atoms with Gasteiger partial charge in [0.1, 0.15) is 5.82 Å². The molecule has 1 heterocycles.